The van der Waals surface area contributed by atoms with Crippen LogP contribution in [0.15, 0.2) is 24.5 Å². The van der Waals surface area contributed by atoms with Crippen molar-refractivity contribution >= 4 is 28.5 Å². The van der Waals surface area contributed by atoms with Crippen LogP contribution in [-0.4, -0.2) is 21.1 Å². The van der Waals surface area contributed by atoms with Gasteiger partial charge in [-0.2, -0.15) is 5.10 Å². The van der Waals surface area contributed by atoms with Gasteiger partial charge in [0.15, 0.2) is 0 Å². The van der Waals surface area contributed by atoms with E-state index in [0.29, 0.717) is 11.4 Å². The van der Waals surface area contributed by atoms with Crippen molar-refractivity contribution < 1.29 is 4.79 Å². The van der Waals surface area contributed by atoms with Gasteiger partial charge in [-0.3, -0.25) is 9.89 Å². The highest BCUT2D eigenvalue weighted by Gasteiger charge is 2.16. The predicted molar refractivity (Wildman–Crippen MR) is 76.2 cm³/mol. The molecule has 0 bridgehead atoms. The zero-order valence-electron chi connectivity index (χ0n) is 10.1. The van der Waals surface area contributed by atoms with Gasteiger partial charge in [0.1, 0.15) is 12.2 Å². The number of amides is 1. The lowest BCUT2D eigenvalue weighted by molar-refractivity contribution is 0.0937. The third kappa shape index (κ3) is 2.69. The lowest BCUT2D eigenvalue weighted by Crippen LogP contribution is -2.28. The Labute approximate surface area is 119 Å². The van der Waals surface area contributed by atoms with E-state index in [-0.39, 0.29) is 11.9 Å². The van der Waals surface area contributed by atoms with Crippen molar-refractivity contribution in [3.05, 3.63) is 45.0 Å². The molecule has 2 N–H and O–H groups in total. The molecular formula is C12H13IN4O. The van der Waals surface area contributed by atoms with Crippen LogP contribution in [0.25, 0.3) is 0 Å². The second-order valence-electron chi connectivity index (χ2n) is 4.00. The zero-order valence-corrected chi connectivity index (χ0v) is 12.2. The molecule has 0 aliphatic rings. The number of nitrogens with zero attached hydrogens (tertiary/aromatic N) is 2. The van der Waals surface area contributed by atoms with Crippen molar-refractivity contribution in [2.24, 2.45) is 0 Å². The molecule has 6 heteroatoms. The summed E-state index contributed by atoms with van der Waals surface area (Å²) < 4.78 is 0.970. The van der Waals surface area contributed by atoms with Crippen LogP contribution in [-0.2, 0) is 0 Å². The van der Waals surface area contributed by atoms with E-state index in [9.17, 15) is 4.79 Å². The first-order chi connectivity index (χ1) is 8.59. The Balaban J connectivity index is 2.15. The molecule has 2 aromatic rings. The molecule has 0 spiro atoms. The Bertz CT molecular complexity index is 553. The molecule has 0 saturated heterocycles. The minimum Gasteiger partial charge on any atom is -0.342 e. The zero-order chi connectivity index (χ0) is 13.1. The van der Waals surface area contributed by atoms with Gasteiger partial charge in [0, 0.05) is 3.57 Å². The van der Waals surface area contributed by atoms with Crippen LogP contribution in [0, 0.1) is 10.5 Å². The summed E-state index contributed by atoms with van der Waals surface area (Å²) in [6.07, 6.45) is 1.43. The van der Waals surface area contributed by atoms with E-state index in [1.54, 1.807) is 0 Å². The highest BCUT2D eigenvalue weighted by Crippen LogP contribution is 2.17. The van der Waals surface area contributed by atoms with Crippen molar-refractivity contribution in [1.82, 2.24) is 20.5 Å². The average Bonchev–Trinajstić information content (AvgIpc) is 2.86. The Morgan fingerprint density at radius 1 is 1.50 bits per heavy atom. The Hall–Kier alpha value is -1.44. The Morgan fingerprint density at radius 3 is 2.94 bits per heavy atom. The monoisotopic (exact) mass is 356 g/mol. The number of benzene rings is 1. The number of carbonyl (C=O) groups excluding carboxylic acids is 1. The van der Waals surface area contributed by atoms with Gasteiger partial charge in [0.2, 0.25) is 0 Å². The van der Waals surface area contributed by atoms with Gasteiger partial charge in [0.05, 0.1) is 11.6 Å². The van der Waals surface area contributed by atoms with Gasteiger partial charge >= 0.3 is 0 Å². The second kappa shape index (κ2) is 5.47. The number of halogens is 1. The van der Waals surface area contributed by atoms with Crippen LogP contribution in [0.1, 0.15) is 34.7 Å². The fraction of sp³-hybridized carbons (Fsp3) is 0.250. The van der Waals surface area contributed by atoms with Crippen molar-refractivity contribution in [1.29, 1.82) is 0 Å². The molecule has 1 aromatic carbocycles. The van der Waals surface area contributed by atoms with Crippen LogP contribution < -0.4 is 5.32 Å². The second-order valence-corrected chi connectivity index (χ2v) is 5.08. The number of nitrogens with one attached hydrogen (secondary N) is 2. The topological polar surface area (TPSA) is 70.7 Å². The summed E-state index contributed by atoms with van der Waals surface area (Å²) in [7, 11) is 0. The number of rotatable bonds is 3. The number of aryl methyl sites for hydroxylation is 1. The molecule has 18 heavy (non-hydrogen) atoms. The number of aromatic nitrogens is 3. The molecule has 0 aliphatic carbocycles. The van der Waals surface area contributed by atoms with E-state index in [0.717, 1.165) is 9.13 Å². The van der Waals surface area contributed by atoms with Crippen LogP contribution in [0.2, 0.25) is 0 Å². The molecular weight excluding hydrogens is 343 g/mol. The fourth-order valence-electron chi connectivity index (χ4n) is 1.59. The molecule has 2 rings (SSSR count). The Morgan fingerprint density at radius 2 is 2.28 bits per heavy atom. The van der Waals surface area contributed by atoms with E-state index >= 15 is 0 Å². The summed E-state index contributed by atoms with van der Waals surface area (Å²) in [6, 6.07) is 5.48. The molecule has 0 saturated carbocycles. The number of H-pyrrole nitrogens is 1. The van der Waals surface area contributed by atoms with E-state index in [2.05, 4.69) is 43.1 Å². The first-order valence-electron chi connectivity index (χ1n) is 5.51. The minimum atomic E-state index is -0.198. The first-order valence-corrected chi connectivity index (χ1v) is 6.58. The highest BCUT2D eigenvalue weighted by atomic mass is 127. The summed E-state index contributed by atoms with van der Waals surface area (Å²) >= 11 is 2.18. The third-order valence-electron chi connectivity index (χ3n) is 2.63. The van der Waals surface area contributed by atoms with Gasteiger partial charge in [-0.1, -0.05) is 12.1 Å². The molecule has 1 atom stereocenters. The Kier molecular flexibility index (Phi) is 3.95. The average molecular weight is 356 g/mol. The normalized spacial score (nSPS) is 12.2. The van der Waals surface area contributed by atoms with Crippen LogP contribution in [0.5, 0.6) is 0 Å². The van der Waals surface area contributed by atoms with Crippen molar-refractivity contribution in [3.8, 4) is 0 Å². The molecule has 94 valence electrons. The van der Waals surface area contributed by atoms with E-state index in [4.69, 9.17) is 0 Å². The number of hydrogen-bond acceptors (Lipinski definition) is 3. The molecule has 1 amide bonds. The van der Waals surface area contributed by atoms with Crippen LogP contribution in [0.4, 0.5) is 0 Å². The molecule has 0 aliphatic heterocycles. The first kappa shape index (κ1) is 13.0. The summed E-state index contributed by atoms with van der Waals surface area (Å²) in [5.74, 6) is 0.540. The summed E-state index contributed by atoms with van der Waals surface area (Å²) in [6.45, 7) is 3.85. The molecule has 1 unspecified atom stereocenters. The fourth-order valence-corrected chi connectivity index (χ4v) is 2.19. The SMILES string of the molecule is Cc1cccc(C(=O)NC(C)c2ncn[nH]2)c1I. The van der Waals surface area contributed by atoms with Crippen molar-refractivity contribution in [2.45, 2.75) is 19.9 Å². The molecule has 0 radical (unpaired) electrons. The standard InChI is InChI=1S/C12H13IN4O/c1-7-4-3-5-9(10(7)13)12(18)16-8(2)11-14-6-15-17-11/h3-6,8H,1-2H3,(H,16,18)(H,14,15,17). The maximum absolute atomic E-state index is 12.1. The smallest absolute Gasteiger partial charge is 0.252 e. The quantitative estimate of drug-likeness (QED) is 0.829. The van der Waals surface area contributed by atoms with E-state index < -0.39 is 0 Å². The largest absolute Gasteiger partial charge is 0.342 e. The van der Waals surface area contributed by atoms with E-state index in [1.165, 1.54) is 6.33 Å². The van der Waals surface area contributed by atoms with Gasteiger partial charge in [-0.05, 0) is 48.1 Å². The summed E-state index contributed by atoms with van der Waals surface area (Å²) in [5.41, 5.74) is 1.78. The minimum absolute atomic E-state index is 0.105. The van der Waals surface area contributed by atoms with Gasteiger partial charge in [-0.25, -0.2) is 4.98 Å². The lowest BCUT2D eigenvalue weighted by atomic mass is 10.1. The van der Waals surface area contributed by atoms with Crippen LogP contribution in [0.3, 0.4) is 0 Å². The number of hydrogen-bond donors (Lipinski definition) is 2. The molecule has 5 nitrogen and oxygen atoms in total. The van der Waals surface area contributed by atoms with Gasteiger partial charge in [0.25, 0.3) is 5.91 Å². The number of aromatic amines is 1. The van der Waals surface area contributed by atoms with Crippen molar-refractivity contribution in [3.63, 3.8) is 0 Å². The number of carbonyl (C=O) groups is 1. The molecule has 0 fully saturated rings. The molecule has 1 aromatic heterocycles. The predicted octanol–water partition coefficient (Wildman–Crippen LogP) is 2.21. The van der Waals surface area contributed by atoms with Crippen LogP contribution >= 0.6 is 22.6 Å². The maximum Gasteiger partial charge on any atom is 0.252 e. The van der Waals surface area contributed by atoms with E-state index in [1.807, 2.05) is 32.0 Å². The van der Waals surface area contributed by atoms with Gasteiger partial charge < -0.3 is 5.32 Å². The highest BCUT2D eigenvalue weighted by molar-refractivity contribution is 14.1. The molecule has 1 heterocycles. The lowest BCUT2D eigenvalue weighted by Gasteiger charge is -2.12. The van der Waals surface area contributed by atoms with Gasteiger partial charge in [-0.15, -0.1) is 0 Å². The summed E-state index contributed by atoms with van der Waals surface area (Å²) in [5, 5.41) is 9.40. The van der Waals surface area contributed by atoms with Crippen molar-refractivity contribution in [2.75, 3.05) is 0 Å². The maximum atomic E-state index is 12.1. The summed E-state index contributed by atoms with van der Waals surface area (Å²) in [4.78, 5) is 16.2. The third-order valence-corrected chi connectivity index (χ3v) is 4.06.